The van der Waals surface area contributed by atoms with Crippen molar-refractivity contribution in [3.8, 4) is 11.5 Å². The van der Waals surface area contributed by atoms with Gasteiger partial charge in [0.2, 0.25) is 0 Å². The number of allylic oxidation sites excluding steroid dienone is 3. The molecule has 3 rings (SSSR count). The molecule has 1 unspecified atom stereocenters. The van der Waals surface area contributed by atoms with Gasteiger partial charge in [-0.2, -0.15) is 0 Å². The first-order valence-corrected chi connectivity index (χ1v) is 6.07. The predicted molar refractivity (Wildman–Crippen MR) is 69.6 cm³/mol. The summed E-state index contributed by atoms with van der Waals surface area (Å²) in [4.78, 5) is 23.7. The second-order valence-corrected chi connectivity index (χ2v) is 4.88. The van der Waals surface area contributed by atoms with Gasteiger partial charge >= 0.3 is 0 Å². The van der Waals surface area contributed by atoms with Crippen LogP contribution in [0.3, 0.4) is 0 Å². The summed E-state index contributed by atoms with van der Waals surface area (Å²) in [7, 11) is 0. The number of rotatable bonds is 0. The maximum atomic E-state index is 11.9. The molecular formula is C15H12O4. The van der Waals surface area contributed by atoms with Crippen molar-refractivity contribution in [2.45, 2.75) is 19.3 Å². The number of carbonyl (C=O) groups excluding carboxylic acids is 2. The van der Waals surface area contributed by atoms with Gasteiger partial charge in [-0.3, -0.25) is 9.59 Å². The molecule has 1 atom stereocenters. The molecule has 4 heteroatoms. The molecule has 0 amide bonds. The molecule has 0 radical (unpaired) electrons. The minimum atomic E-state index is -0.461. The van der Waals surface area contributed by atoms with Crippen LogP contribution >= 0.6 is 0 Å². The van der Waals surface area contributed by atoms with Gasteiger partial charge in [0.05, 0.1) is 11.1 Å². The summed E-state index contributed by atoms with van der Waals surface area (Å²) < 4.78 is 0. The quantitative estimate of drug-likeness (QED) is 0.699. The number of carbonyl (C=O) groups is 2. The predicted octanol–water partition coefficient (Wildman–Crippen LogP) is 2.55. The highest BCUT2D eigenvalue weighted by Crippen LogP contribution is 2.46. The molecule has 96 valence electrons. The Labute approximate surface area is 109 Å². The second-order valence-electron chi connectivity index (χ2n) is 4.88. The van der Waals surface area contributed by atoms with E-state index in [0.717, 1.165) is 18.6 Å². The second kappa shape index (κ2) is 3.82. The lowest BCUT2D eigenvalue weighted by Gasteiger charge is -2.24. The highest BCUT2D eigenvalue weighted by molar-refractivity contribution is 6.25. The molecule has 0 bridgehead atoms. The Bertz CT molecular complexity index is 680. The summed E-state index contributed by atoms with van der Waals surface area (Å²) in [6, 6.07) is 0. The zero-order chi connectivity index (χ0) is 13.7. The Morgan fingerprint density at radius 1 is 1.00 bits per heavy atom. The molecule has 19 heavy (non-hydrogen) atoms. The number of hydrogen-bond donors (Lipinski definition) is 2. The lowest BCUT2D eigenvalue weighted by Crippen LogP contribution is -2.15. The van der Waals surface area contributed by atoms with Gasteiger partial charge in [-0.1, -0.05) is 19.1 Å². The van der Waals surface area contributed by atoms with E-state index in [0.29, 0.717) is 11.1 Å². The first-order chi connectivity index (χ1) is 9.02. The van der Waals surface area contributed by atoms with E-state index in [1.807, 2.05) is 13.0 Å². The summed E-state index contributed by atoms with van der Waals surface area (Å²) in [6.45, 7) is 1.90. The van der Waals surface area contributed by atoms with Crippen molar-refractivity contribution in [2.75, 3.05) is 0 Å². The largest absolute Gasteiger partial charge is 0.507 e. The smallest absolute Gasteiger partial charge is 0.190 e. The molecule has 0 aromatic heterocycles. The fourth-order valence-corrected chi connectivity index (χ4v) is 2.73. The fourth-order valence-electron chi connectivity index (χ4n) is 2.73. The Kier molecular flexibility index (Phi) is 2.35. The molecule has 2 aliphatic rings. The van der Waals surface area contributed by atoms with E-state index in [1.165, 1.54) is 0 Å². The van der Waals surface area contributed by atoms with Crippen molar-refractivity contribution in [1.82, 2.24) is 0 Å². The number of ketones is 2. The molecule has 2 N–H and O–H groups in total. The molecule has 0 heterocycles. The average molecular weight is 256 g/mol. The number of benzene rings is 1. The summed E-state index contributed by atoms with van der Waals surface area (Å²) in [5.41, 5.74) is 0.801. The summed E-state index contributed by atoms with van der Waals surface area (Å²) in [5, 5.41) is 20.6. The van der Waals surface area contributed by atoms with Crippen LogP contribution < -0.4 is 0 Å². The van der Waals surface area contributed by atoms with Crippen molar-refractivity contribution in [3.05, 3.63) is 40.5 Å². The third-order valence-corrected chi connectivity index (χ3v) is 3.67. The average Bonchev–Trinajstić information content (AvgIpc) is 2.38. The van der Waals surface area contributed by atoms with Crippen LogP contribution in [0.4, 0.5) is 0 Å². The zero-order valence-corrected chi connectivity index (χ0v) is 10.3. The van der Waals surface area contributed by atoms with Crippen LogP contribution in [0.15, 0.2) is 18.2 Å². The summed E-state index contributed by atoms with van der Waals surface area (Å²) in [6.07, 6.45) is 6.52. The monoisotopic (exact) mass is 256 g/mol. The Morgan fingerprint density at radius 2 is 1.58 bits per heavy atom. The molecule has 1 aromatic rings. The van der Waals surface area contributed by atoms with E-state index in [1.54, 1.807) is 6.08 Å². The molecule has 0 aliphatic heterocycles. The standard InChI is InChI=1S/C15H12O4/c1-7-3-2-4-8-11(7)15(19)13-10(17)6-5-9(16)12(13)14(8)18/h2,4-7,18-19H,3H2,1H3. The van der Waals surface area contributed by atoms with E-state index >= 15 is 0 Å². The summed E-state index contributed by atoms with van der Waals surface area (Å²) in [5.74, 6) is -1.32. The number of phenols is 2. The molecule has 1 aromatic carbocycles. The van der Waals surface area contributed by atoms with Crippen LogP contribution in [-0.2, 0) is 0 Å². The Hall–Kier alpha value is -2.36. The highest BCUT2D eigenvalue weighted by atomic mass is 16.3. The van der Waals surface area contributed by atoms with Gasteiger partial charge in [-0.25, -0.2) is 0 Å². The van der Waals surface area contributed by atoms with E-state index < -0.39 is 11.6 Å². The van der Waals surface area contributed by atoms with Gasteiger partial charge < -0.3 is 10.2 Å². The van der Waals surface area contributed by atoms with Gasteiger partial charge in [0.25, 0.3) is 0 Å². The zero-order valence-electron chi connectivity index (χ0n) is 10.3. The topological polar surface area (TPSA) is 74.6 Å². The first-order valence-electron chi connectivity index (χ1n) is 6.07. The summed E-state index contributed by atoms with van der Waals surface area (Å²) >= 11 is 0. The SMILES string of the molecule is CC1CC=Cc2c(O)c3c(c(O)c21)C(=O)C=CC3=O. The normalized spacial score (nSPS) is 20.4. The number of hydrogen-bond acceptors (Lipinski definition) is 4. The van der Waals surface area contributed by atoms with Crippen LogP contribution in [0.5, 0.6) is 11.5 Å². The van der Waals surface area contributed by atoms with E-state index in [9.17, 15) is 19.8 Å². The molecule has 2 aliphatic carbocycles. The van der Waals surface area contributed by atoms with Crippen LogP contribution in [0.2, 0.25) is 0 Å². The maximum Gasteiger partial charge on any atom is 0.190 e. The van der Waals surface area contributed by atoms with Crippen molar-refractivity contribution >= 4 is 17.6 Å². The van der Waals surface area contributed by atoms with Crippen molar-refractivity contribution < 1.29 is 19.8 Å². The van der Waals surface area contributed by atoms with Gasteiger partial charge in [0, 0.05) is 11.1 Å². The minimum Gasteiger partial charge on any atom is -0.507 e. The van der Waals surface area contributed by atoms with Crippen LogP contribution in [0, 0.1) is 0 Å². The lowest BCUT2D eigenvalue weighted by molar-refractivity contribution is 0.0989. The molecule has 0 saturated carbocycles. The van der Waals surface area contributed by atoms with Crippen LogP contribution in [-0.4, -0.2) is 21.8 Å². The third kappa shape index (κ3) is 1.46. The van der Waals surface area contributed by atoms with Crippen LogP contribution in [0.25, 0.3) is 6.08 Å². The highest BCUT2D eigenvalue weighted by Gasteiger charge is 2.33. The van der Waals surface area contributed by atoms with Gasteiger partial charge in [0.1, 0.15) is 11.5 Å². The van der Waals surface area contributed by atoms with Crippen molar-refractivity contribution in [2.24, 2.45) is 0 Å². The first kappa shape index (κ1) is 11.7. The molecule has 4 nitrogen and oxygen atoms in total. The lowest BCUT2D eigenvalue weighted by atomic mass is 9.80. The molecule has 0 saturated heterocycles. The molecule has 0 spiro atoms. The van der Waals surface area contributed by atoms with E-state index in [2.05, 4.69) is 0 Å². The van der Waals surface area contributed by atoms with E-state index in [-0.39, 0.29) is 28.5 Å². The van der Waals surface area contributed by atoms with E-state index in [4.69, 9.17) is 0 Å². The number of aromatic hydroxyl groups is 2. The fraction of sp³-hybridized carbons (Fsp3) is 0.200. The Morgan fingerprint density at radius 3 is 2.21 bits per heavy atom. The van der Waals surface area contributed by atoms with Crippen molar-refractivity contribution in [3.63, 3.8) is 0 Å². The van der Waals surface area contributed by atoms with Crippen molar-refractivity contribution in [1.29, 1.82) is 0 Å². The molecular weight excluding hydrogens is 244 g/mol. The maximum absolute atomic E-state index is 11.9. The number of fused-ring (bicyclic) bond motifs is 2. The number of phenolic OH excluding ortho intramolecular Hbond substituents is 2. The van der Waals surface area contributed by atoms with Gasteiger partial charge in [0.15, 0.2) is 11.6 Å². The van der Waals surface area contributed by atoms with Crippen LogP contribution in [0.1, 0.15) is 51.1 Å². The van der Waals surface area contributed by atoms with Gasteiger partial charge in [-0.15, -0.1) is 0 Å². The minimum absolute atomic E-state index is 0.00925. The Balaban J connectivity index is 2.45. The third-order valence-electron chi connectivity index (χ3n) is 3.67. The molecule has 0 fully saturated rings. The van der Waals surface area contributed by atoms with Gasteiger partial charge in [-0.05, 0) is 24.5 Å².